The fraction of sp³-hybridized carbons (Fsp3) is 0.278. The van der Waals surface area contributed by atoms with E-state index in [1.54, 1.807) is 0 Å². The summed E-state index contributed by atoms with van der Waals surface area (Å²) in [5, 5.41) is 12.4. The van der Waals surface area contributed by atoms with E-state index in [0.717, 1.165) is 17.7 Å². The Balaban J connectivity index is 0.00000338. The molecule has 0 fully saturated rings. The van der Waals surface area contributed by atoms with Crippen LogP contribution >= 0.6 is 12.4 Å². The Bertz CT molecular complexity index is 704. The van der Waals surface area contributed by atoms with Gasteiger partial charge in [0.2, 0.25) is 5.91 Å². The predicted octanol–water partition coefficient (Wildman–Crippen LogP) is 2.33. The van der Waals surface area contributed by atoms with Crippen molar-refractivity contribution in [2.24, 2.45) is 5.73 Å². The Morgan fingerprint density at radius 1 is 1.15 bits per heavy atom. The van der Waals surface area contributed by atoms with E-state index in [-0.39, 0.29) is 43.6 Å². The van der Waals surface area contributed by atoms with Crippen molar-refractivity contribution in [1.29, 1.82) is 0 Å². The van der Waals surface area contributed by atoms with Crippen LogP contribution in [0.25, 0.3) is 0 Å². The smallest absolute Gasteiger partial charge is 0.221 e. The fourth-order valence-corrected chi connectivity index (χ4v) is 2.14. The van der Waals surface area contributed by atoms with Gasteiger partial charge in [0.1, 0.15) is 18.5 Å². The summed E-state index contributed by atoms with van der Waals surface area (Å²) in [4.78, 5) is 11.9. The van der Waals surface area contributed by atoms with Gasteiger partial charge in [0.25, 0.3) is 0 Å². The molecule has 0 spiro atoms. The van der Waals surface area contributed by atoms with E-state index in [2.05, 4.69) is 5.32 Å². The van der Waals surface area contributed by atoms with Crippen LogP contribution < -0.4 is 15.8 Å². The highest BCUT2D eigenvalue weighted by Crippen LogP contribution is 2.15. The zero-order chi connectivity index (χ0) is 18.2. The highest BCUT2D eigenvalue weighted by Gasteiger charge is 2.13. The molecule has 2 rings (SSSR count). The van der Waals surface area contributed by atoms with Gasteiger partial charge in [0.05, 0.1) is 0 Å². The van der Waals surface area contributed by atoms with Crippen molar-refractivity contribution in [1.82, 2.24) is 5.32 Å². The van der Waals surface area contributed by atoms with Crippen LogP contribution in [0, 0.1) is 11.6 Å². The van der Waals surface area contributed by atoms with Gasteiger partial charge in [-0.2, -0.15) is 0 Å². The molecular formula is C18H21ClF2N2O3. The first-order chi connectivity index (χ1) is 12.0. The molecule has 0 aliphatic heterocycles. The summed E-state index contributed by atoms with van der Waals surface area (Å²) >= 11 is 0. The average molecular weight is 387 g/mol. The molecule has 2 aromatic carbocycles. The number of carbonyl (C=O) groups is 1. The van der Waals surface area contributed by atoms with E-state index >= 15 is 0 Å². The molecule has 26 heavy (non-hydrogen) atoms. The molecule has 1 amide bonds. The lowest BCUT2D eigenvalue weighted by Gasteiger charge is -2.15. The summed E-state index contributed by atoms with van der Waals surface area (Å²) in [7, 11) is 0. The summed E-state index contributed by atoms with van der Waals surface area (Å²) in [6.07, 6.45) is -0.911. The van der Waals surface area contributed by atoms with Crippen LogP contribution in [-0.4, -0.2) is 30.3 Å². The highest BCUT2D eigenvalue weighted by molar-refractivity contribution is 5.85. The molecule has 142 valence electrons. The van der Waals surface area contributed by atoms with Crippen LogP contribution in [0.15, 0.2) is 48.5 Å². The molecule has 4 N–H and O–H groups in total. The quantitative estimate of drug-likeness (QED) is 0.650. The van der Waals surface area contributed by atoms with E-state index in [1.807, 2.05) is 30.3 Å². The third-order valence-electron chi connectivity index (χ3n) is 3.50. The number of aliphatic hydroxyl groups excluding tert-OH is 1. The Hall–Kier alpha value is -2.22. The number of ether oxygens (including phenoxy) is 1. The summed E-state index contributed by atoms with van der Waals surface area (Å²) in [5.74, 6) is -2.22. The monoisotopic (exact) mass is 386 g/mol. The summed E-state index contributed by atoms with van der Waals surface area (Å²) in [5.41, 5.74) is 6.80. The molecule has 5 nitrogen and oxygen atoms in total. The van der Waals surface area contributed by atoms with Crippen molar-refractivity contribution >= 4 is 18.3 Å². The average Bonchev–Trinajstić information content (AvgIpc) is 2.61. The number of rotatable bonds is 8. The highest BCUT2D eigenvalue weighted by atomic mass is 35.5. The SMILES string of the molecule is Cl.NC(CC(=O)NCC(O)COc1ccc(F)c(F)c1)c1ccccc1. The molecule has 0 heterocycles. The molecule has 8 heteroatoms. The third kappa shape index (κ3) is 6.95. The van der Waals surface area contributed by atoms with Crippen molar-refractivity contribution in [3.63, 3.8) is 0 Å². The van der Waals surface area contributed by atoms with E-state index in [0.29, 0.717) is 0 Å². The zero-order valence-corrected chi connectivity index (χ0v) is 14.7. The van der Waals surface area contributed by atoms with Gasteiger partial charge >= 0.3 is 0 Å². The lowest BCUT2D eigenvalue weighted by molar-refractivity contribution is -0.122. The summed E-state index contributed by atoms with van der Waals surface area (Å²) in [6.45, 7) is -0.208. The van der Waals surface area contributed by atoms with Crippen molar-refractivity contribution in [3.05, 3.63) is 65.7 Å². The molecule has 0 saturated carbocycles. The second-order valence-corrected chi connectivity index (χ2v) is 5.57. The maximum absolute atomic E-state index is 13.0. The topological polar surface area (TPSA) is 84.6 Å². The first-order valence-corrected chi connectivity index (χ1v) is 7.79. The fourth-order valence-electron chi connectivity index (χ4n) is 2.14. The van der Waals surface area contributed by atoms with Crippen LogP contribution in [0.2, 0.25) is 0 Å². The summed E-state index contributed by atoms with van der Waals surface area (Å²) in [6, 6.07) is 11.9. The molecule has 0 radical (unpaired) electrons. The van der Waals surface area contributed by atoms with Crippen LogP contribution in [0.4, 0.5) is 8.78 Å². The van der Waals surface area contributed by atoms with Crippen molar-refractivity contribution in [2.75, 3.05) is 13.2 Å². The number of carbonyl (C=O) groups excluding carboxylic acids is 1. The van der Waals surface area contributed by atoms with Gasteiger partial charge in [0, 0.05) is 25.1 Å². The second-order valence-electron chi connectivity index (χ2n) is 5.57. The Kier molecular flexibility index (Phi) is 8.98. The van der Waals surface area contributed by atoms with E-state index < -0.39 is 23.8 Å². The maximum Gasteiger partial charge on any atom is 0.221 e. The Morgan fingerprint density at radius 3 is 2.50 bits per heavy atom. The van der Waals surface area contributed by atoms with E-state index in [9.17, 15) is 18.7 Å². The number of nitrogens with two attached hydrogens (primary N) is 1. The number of aliphatic hydroxyl groups is 1. The molecule has 2 aromatic rings. The molecular weight excluding hydrogens is 366 g/mol. The number of benzene rings is 2. The van der Waals surface area contributed by atoms with Gasteiger partial charge in [-0.05, 0) is 17.7 Å². The molecule has 2 unspecified atom stereocenters. The maximum atomic E-state index is 13.0. The normalized spacial score (nSPS) is 12.6. The van der Waals surface area contributed by atoms with Gasteiger partial charge in [-0.25, -0.2) is 8.78 Å². The first-order valence-electron chi connectivity index (χ1n) is 7.79. The van der Waals surface area contributed by atoms with Gasteiger partial charge < -0.3 is 20.9 Å². The van der Waals surface area contributed by atoms with Crippen LogP contribution in [0.5, 0.6) is 5.75 Å². The van der Waals surface area contributed by atoms with Gasteiger partial charge in [-0.15, -0.1) is 12.4 Å². The minimum Gasteiger partial charge on any atom is -0.491 e. The first kappa shape index (κ1) is 21.8. The van der Waals surface area contributed by atoms with E-state index in [1.165, 1.54) is 6.07 Å². The van der Waals surface area contributed by atoms with Crippen LogP contribution in [0.1, 0.15) is 18.0 Å². The largest absolute Gasteiger partial charge is 0.491 e. The molecule has 0 aliphatic rings. The van der Waals surface area contributed by atoms with Gasteiger partial charge in [-0.3, -0.25) is 4.79 Å². The Labute approximate surface area is 156 Å². The number of hydrogen-bond acceptors (Lipinski definition) is 4. The lowest BCUT2D eigenvalue weighted by Crippen LogP contribution is -2.36. The molecule has 0 saturated heterocycles. The van der Waals surface area contributed by atoms with Gasteiger partial charge in [-0.1, -0.05) is 30.3 Å². The molecule has 0 aliphatic carbocycles. The zero-order valence-electron chi connectivity index (χ0n) is 13.9. The predicted molar refractivity (Wildman–Crippen MR) is 96.1 cm³/mol. The lowest BCUT2D eigenvalue weighted by atomic mass is 10.0. The number of hydrogen-bond donors (Lipinski definition) is 3. The van der Waals surface area contributed by atoms with Crippen molar-refractivity contribution in [2.45, 2.75) is 18.6 Å². The third-order valence-corrected chi connectivity index (χ3v) is 3.50. The van der Waals surface area contributed by atoms with Crippen LogP contribution in [-0.2, 0) is 4.79 Å². The number of halogens is 3. The molecule has 0 bridgehead atoms. The molecule has 0 aromatic heterocycles. The van der Waals surface area contributed by atoms with E-state index in [4.69, 9.17) is 10.5 Å². The van der Waals surface area contributed by atoms with Crippen molar-refractivity contribution < 1.29 is 23.4 Å². The molecule has 2 atom stereocenters. The summed E-state index contributed by atoms with van der Waals surface area (Å²) < 4.78 is 31.0. The standard InChI is InChI=1S/C18H20F2N2O3.ClH/c19-15-7-6-14(8-16(15)20)25-11-13(23)10-22-18(24)9-17(21)12-4-2-1-3-5-12;/h1-8,13,17,23H,9-11,21H2,(H,22,24);1H. The second kappa shape index (κ2) is 10.7. The Morgan fingerprint density at radius 2 is 1.85 bits per heavy atom. The van der Waals surface area contributed by atoms with Crippen molar-refractivity contribution in [3.8, 4) is 5.75 Å². The minimum absolute atomic E-state index is 0. The minimum atomic E-state index is -1.03. The van der Waals surface area contributed by atoms with Gasteiger partial charge in [0.15, 0.2) is 11.6 Å². The van der Waals surface area contributed by atoms with Crippen LogP contribution in [0.3, 0.4) is 0 Å². The number of amides is 1. The number of nitrogens with one attached hydrogen (secondary N) is 1.